The van der Waals surface area contributed by atoms with Crippen LogP contribution in [0.5, 0.6) is 6.01 Å². The van der Waals surface area contributed by atoms with Gasteiger partial charge < -0.3 is 10.5 Å². The fourth-order valence-corrected chi connectivity index (χ4v) is 0.887. The van der Waals surface area contributed by atoms with Gasteiger partial charge in [-0.2, -0.15) is 13.2 Å². The summed E-state index contributed by atoms with van der Waals surface area (Å²) in [5.41, 5.74) is 6.54. The van der Waals surface area contributed by atoms with Gasteiger partial charge in [0.05, 0.1) is 0 Å². The minimum absolute atomic E-state index is 0.241. The summed E-state index contributed by atoms with van der Waals surface area (Å²) in [4.78, 5) is 7.33. The molecule has 0 radical (unpaired) electrons. The molecule has 4 nitrogen and oxygen atoms in total. The van der Waals surface area contributed by atoms with Crippen LogP contribution < -0.4 is 10.5 Å². The second kappa shape index (κ2) is 4.43. The topological polar surface area (TPSA) is 61.0 Å². The first-order valence-corrected chi connectivity index (χ1v) is 4.14. The summed E-state index contributed by atoms with van der Waals surface area (Å²) >= 11 is 0. The molecule has 0 aliphatic rings. The Balaban J connectivity index is 2.68. The molecule has 2 N–H and O–H groups in total. The number of aromatic nitrogens is 2. The third-order valence-electron chi connectivity index (χ3n) is 1.64. The predicted octanol–water partition coefficient (Wildman–Crippen LogP) is 1.18. The number of aryl methyl sites for hydroxylation is 1. The highest BCUT2D eigenvalue weighted by atomic mass is 19.4. The zero-order chi connectivity index (χ0) is 11.5. The van der Waals surface area contributed by atoms with E-state index in [1.165, 1.54) is 6.20 Å². The number of alkyl halides is 3. The van der Waals surface area contributed by atoms with E-state index in [4.69, 9.17) is 5.73 Å². The van der Waals surface area contributed by atoms with Crippen molar-refractivity contribution in [2.24, 2.45) is 5.73 Å². The number of hydrogen-bond donors (Lipinski definition) is 1. The molecular weight excluding hydrogens is 211 g/mol. The van der Waals surface area contributed by atoms with Gasteiger partial charge >= 0.3 is 12.2 Å². The number of nitrogens with zero attached hydrogens (tertiary/aromatic N) is 2. The highest BCUT2D eigenvalue weighted by Gasteiger charge is 2.28. The molecule has 0 aliphatic carbocycles. The molecule has 7 heteroatoms. The fourth-order valence-electron chi connectivity index (χ4n) is 0.887. The lowest BCUT2D eigenvalue weighted by atomic mass is 10.2. The van der Waals surface area contributed by atoms with Crippen molar-refractivity contribution in [1.29, 1.82) is 0 Å². The molecule has 0 aromatic carbocycles. The van der Waals surface area contributed by atoms with Crippen LogP contribution in [0.15, 0.2) is 6.20 Å². The van der Waals surface area contributed by atoms with Crippen LogP contribution >= 0.6 is 0 Å². The minimum atomic E-state index is -4.39. The molecule has 0 aliphatic heterocycles. The van der Waals surface area contributed by atoms with Gasteiger partial charge in [-0.05, 0) is 6.92 Å². The third kappa shape index (κ3) is 3.70. The van der Waals surface area contributed by atoms with Crippen molar-refractivity contribution in [2.45, 2.75) is 19.6 Å². The number of rotatable bonds is 3. The van der Waals surface area contributed by atoms with Crippen LogP contribution in [0.3, 0.4) is 0 Å². The number of halogens is 3. The molecule has 0 atom stereocenters. The Bertz CT molecular complexity index is 340. The minimum Gasteiger partial charge on any atom is -0.454 e. The lowest BCUT2D eigenvalue weighted by Crippen LogP contribution is -2.20. The van der Waals surface area contributed by atoms with Crippen molar-refractivity contribution in [3.8, 4) is 6.01 Å². The summed E-state index contributed by atoms with van der Waals surface area (Å²) < 4.78 is 39.7. The molecule has 0 amide bonds. The van der Waals surface area contributed by atoms with Crippen LogP contribution in [0.25, 0.3) is 0 Å². The van der Waals surface area contributed by atoms with Gasteiger partial charge in [-0.1, -0.05) is 0 Å². The van der Waals surface area contributed by atoms with Crippen LogP contribution in [0, 0.1) is 6.92 Å². The lowest BCUT2D eigenvalue weighted by Gasteiger charge is -2.08. The van der Waals surface area contributed by atoms with Gasteiger partial charge in [0.15, 0.2) is 6.61 Å². The van der Waals surface area contributed by atoms with E-state index >= 15 is 0 Å². The van der Waals surface area contributed by atoms with Crippen molar-refractivity contribution in [3.63, 3.8) is 0 Å². The van der Waals surface area contributed by atoms with Gasteiger partial charge in [-0.25, -0.2) is 9.97 Å². The Morgan fingerprint density at radius 3 is 2.60 bits per heavy atom. The van der Waals surface area contributed by atoms with Crippen LogP contribution in [-0.4, -0.2) is 22.8 Å². The van der Waals surface area contributed by atoms with Crippen molar-refractivity contribution >= 4 is 0 Å². The summed E-state index contributed by atoms with van der Waals surface area (Å²) in [6, 6.07) is -0.290. The van der Waals surface area contributed by atoms with E-state index in [-0.39, 0.29) is 12.6 Å². The second-order valence-corrected chi connectivity index (χ2v) is 2.87. The Kier molecular flexibility index (Phi) is 3.46. The first-order chi connectivity index (χ1) is 6.92. The predicted molar refractivity (Wildman–Crippen MR) is 46.2 cm³/mol. The zero-order valence-electron chi connectivity index (χ0n) is 8.01. The Labute approximate surface area is 84.3 Å². The van der Waals surface area contributed by atoms with E-state index in [0.717, 1.165) is 0 Å². The standard InChI is InChI=1S/C8H10F3N3O/c1-5-6(2-12)3-13-7(14-5)15-4-8(9,10)11/h3H,2,4,12H2,1H3. The normalized spacial score (nSPS) is 11.5. The molecule has 0 saturated heterocycles. The number of hydrogen-bond acceptors (Lipinski definition) is 4. The van der Waals surface area contributed by atoms with Crippen LogP contribution in [-0.2, 0) is 6.54 Å². The van der Waals surface area contributed by atoms with Crippen molar-refractivity contribution in [2.75, 3.05) is 6.61 Å². The highest BCUT2D eigenvalue weighted by molar-refractivity contribution is 5.17. The third-order valence-corrected chi connectivity index (χ3v) is 1.64. The Morgan fingerprint density at radius 2 is 2.13 bits per heavy atom. The molecule has 1 aromatic heterocycles. The largest absolute Gasteiger partial charge is 0.454 e. The van der Waals surface area contributed by atoms with E-state index in [1.54, 1.807) is 6.92 Å². The molecule has 1 heterocycles. The molecule has 0 saturated carbocycles. The quantitative estimate of drug-likeness (QED) is 0.832. The molecule has 84 valence electrons. The average Bonchev–Trinajstić information content (AvgIpc) is 2.14. The van der Waals surface area contributed by atoms with Gasteiger partial charge in [-0.15, -0.1) is 0 Å². The van der Waals surface area contributed by atoms with Gasteiger partial charge in [-0.3, -0.25) is 0 Å². The summed E-state index contributed by atoms with van der Waals surface area (Å²) in [7, 11) is 0. The van der Waals surface area contributed by atoms with E-state index in [2.05, 4.69) is 14.7 Å². The number of ether oxygens (including phenoxy) is 1. The maximum Gasteiger partial charge on any atom is 0.422 e. The maximum absolute atomic E-state index is 11.8. The van der Waals surface area contributed by atoms with Crippen LogP contribution in [0.4, 0.5) is 13.2 Å². The molecule has 0 fully saturated rings. The van der Waals surface area contributed by atoms with Gasteiger partial charge in [0.2, 0.25) is 0 Å². The fraction of sp³-hybridized carbons (Fsp3) is 0.500. The van der Waals surface area contributed by atoms with Gasteiger partial charge in [0.25, 0.3) is 0 Å². The summed E-state index contributed by atoms with van der Waals surface area (Å²) in [6.45, 7) is 0.476. The molecule has 1 rings (SSSR count). The SMILES string of the molecule is Cc1nc(OCC(F)(F)F)ncc1CN. The molecule has 0 spiro atoms. The van der Waals surface area contributed by atoms with Crippen molar-refractivity contribution in [1.82, 2.24) is 9.97 Å². The Morgan fingerprint density at radius 1 is 1.47 bits per heavy atom. The first kappa shape index (κ1) is 11.7. The molecule has 15 heavy (non-hydrogen) atoms. The van der Waals surface area contributed by atoms with Gasteiger partial charge in [0, 0.05) is 24.0 Å². The lowest BCUT2D eigenvalue weighted by molar-refractivity contribution is -0.154. The first-order valence-electron chi connectivity index (χ1n) is 4.14. The average molecular weight is 221 g/mol. The van der Waals surface area contributed by atoms with Crippen molar-refractivity contribution in [3.05, 3.63) is 17.5 Å². The van der Waals surface area contributed by atoms with E-state index in [1.807, 2.05) is 0 Å². The van der Waals surface area contributed by atoms with E-state index in [0.29, 0.717) is 11.3 Å². The van der Waals surface area contributed by atoms with Crippen LogP contribution in [0.1, 0.15) is 11.3 Å². The molecule has 0 bridgehead atoms. The summed E-state index contributed by atoms with van der Waals surface area (Å²) in [5, 5.41) is 0. The smallest absolute Gasteiger partial charge is 0.422 e. The van der Waals surface area contributed by atoms with Gasteiger partial charge in [0.1, 0.15) is 0 Å². The van der Waals surface area contributed by atoms with E-state index < -0.39 is 12.8 Å². The maximum atomic E-state index is 11.8. The molecule has 1 aromatic rings. The van der Waals surface area contributed by atoms with E-state index in [9.17, 15) is 13.2 Å². The Hall–Kier alpha value is -1.37. The molecular formula is C8H10F3N3O. The summed E-state index contributed by atoms with van der Waals surface area (Å²) in [6.07, 6.45) is -3.03. The zero-order valence-corrected chi connectivity index (χ0v) is 8.01. The van der Waals surface area contributed by atoms with Crippen molar-refractivity contribution < 1.29 is 17.9 Å². The summed E-state index contributed by atoms with van der Waals surface area (Å²) in [5.74, 6) is 0. The second-order valence-electron chi connectivity index (χ2n) is 2.87. The highest BCUT2D eigenvalue weighted by Crippen LogP contribution is 2.16. The number of nitrogens with two attached hydrogens (primary N) is 1. The monoisotopic (exact) mass is 221 g/mol. The molecule has 0 unspecified atom stereocenters. The van der Waals surface area contributed by atoms with Crippen LogP contribution in [0.2, 0.25) is 0 Å².